The summed E-state index contributed by atoms with van der Waals surface area (Å²) in [6.07, 6.45) is 0.661. The molecule has 7 heteroatoms. The van der Waals surface area contributed by atoms with Crippen molar-refractivity contribution in [1.29, 1.82) is 5.26 Å². The van der Waals surface area contributed by atoms with Crippen molar-refractivity contribution in [3.05, 3.63) is 52.3 Å². The van der Waals surface area contributed by atoms with Crippen molar-refractivity contribution in [3.8, 4) is 6.07 Å². The highest BCUT2D eigenvalue weighted by atomic mass is 32.1. The van der Waals surface area contributed by atoms with E-state index in [2.05, 4.69) is 10.1 Å². The van der Waals surface area contributed by atoms with Gasteiger partial charge in [0.2, 0.25) is 4.96 Å². The van der Waals surface area contributed by atoms with Gasteiger partial charge in [-0.05, 0) is 12.5 Å². The second kappa shape index (κ2) is 5.95. The van der Waals surface area contributed by atoms with Crippen LogP contribution in [0.2, 0.25) is 0 Å². The molecule has 0 fully saturated rings. The smallest absolute Gasteiger partial charge is 0.360 e. The van der Waals surface area contributed by atoms with Crippen LogP contribution in [0.5, 0.6) is 0 Å². The van der Waals surface area contributed by atoms with Crippen molar-refractivity contribution in [1.82, 2.24) is 14.6 Å². The fourth-order valence-corrected chi connectivity index (χ4v) is 3.00. The topological polar surface area (TPSA) is 80.3 Å². The highest BCUT2D eigenvalue weighted by Crippen LogP contribution is 2.21. The van der Waals surface area contributed by atoms with Gasteiger partial charge in [-0.25, -0.2) is 9.78 Å². The number of rotatable bonds is 4. The van der Waals surface area contributed by atoms with E-state index in [1.54, 1.807) is 6.92 Å². The van der Waals surface area contributed by atoms with Gasteiger partial charge in [0.15, 0.2) is 11.4 Å². The molecule has 0 saturated carbocycles. The van der Waals surface area contributed by atoms with Crippen molar-refractivity contribution in [2.75, 3.05) is 6.61 Å². The Morgan fingerprint density at radius 2 is 2.18 bits per heavy atom. The monoisotopic (exact) mass is 312 g/mol. The molecule has 0 aliphatic heterocycles. The molecule has 0 bridgehead atoms. The zero-order valence-electron chi connectivity index (χ0n) is 11.8. The maximum absolute atomic E-state index is 11.8. The van der Waals surface area contributed by atoms with Gasteiger partial charge in [-0.3, -0.25) is 0 Å². The first kappa shape index (κ1) is 14.2. The SMILES string of the molecule is CCOC(=O)c1nc2sc(Cc3ccccc3)nn2c1C#N. The van der Waals surface area contributed by atoms with Gasteiger partial charge >= 0.3 is 5.97 Å². The molecule has 0 aliphatic carbocycles. The van der Waals surface area contributed by atoms with Gasteiger partial charge in [0.05, 0.1) is 6.61 Å². The number of ether oxygens (including phenoxy) is 1. The number of nitriles is 1. The minimum absolute atomic E-state index is 0.0226. The van der Waals surface area contributed by atoms with E-state index in [4.69, 9.17) is 4.74 Å². The molecule has 0 saturated heterocycles. The third-order valence-corrected chi connectivity index (χ3v) is 3.93. The van der Waals surface area contributed by atoms with Crippen molar-refractivity contribution < 1.29 is 9.53 Å². The molecule has 110 valence electrons. The minimum Gasteiger partial charge on any atom is -0.461 e. The van der Waals surface area contributed by atoms with E-state index in [1.807, 2.05) is 36.4 Å². The molecular weight excluding hydrogens is 300 g/mol. The molecule has 3 rings (SSSR count). The van der Waals surface area contributed by atoms with Crippen molar-refractivity contribution in [2.45, 2.75) is 13.3 Å². The summed E-state index contributed by atoms with van der Waals surface area (Å²) in [6, 6.07) is 11.9. The Bertz CT molecular complexity index is 861. The van der Waals surface area contributed by atoms with Crippen molar-refractivity contribution >= 4 is 22.3 Å². The summed E-state index contributed by atoms with van der Waals surface area (Å²) in [7, 11) is 0. The predicted octanol–water partition coefficient (Wildman–Crippen LogP) is 2.43. The molecule has 2 heterocycles. The number of imidazole rings is 1. The number of hydrogen-bond acceptors (Lipinski definition) is 6. The molecule has 22 heavy (non-hydrogen) atoms. The molecule has 0 N–H and O–H groups in total. The molecular formula is C15H12N4O2S. The lowest BCUT2D eigenvalue weighted by Gasteiger charge is -1.98. The van der Waals surface area contributed by atoms with Crippen molar-refractivity contribution in [2.24, 2.45) is 0 Å². The van der Waals surface area contributed by atoms with E-state index in [-0.39, 0.29) is 18.0 Å². The van der Waals surface area contributed by atoms with Crippen LogP contribution in [0.15, 0.2) is 30.3 Å². The summed E-state index contributed by atoms with van der Waals surface area (Å²) in [5.74, 6) is -0.596. The Morgan fingerprint density at radius 1 is 1.41 bits per heavy atom. The number of esters is 1. The number of hydrogen-bond donors (Lipinski definition) is 0. The van der Waals surface area contributed by atoms with Crippen LogP contribution in [0.4, 0.5) is 0 Å². The van der Waals surface area contributed by atoms with Gasteiger partial charge in [-0.15, -0.1) is 0 Å². The molecule has 0 aliphatic rings. The largest absolute Gasteiger partial charge is 0.461 e. The molecule has 1 aromatic carbocycles. The van der Waals surface area contributed by atoms with Gasteiger partial charge in [0.25, 0.3) is 0 Å². The lowest BCUT2D eigenvalue weighted by atomic mass is 10.2. The standard InChI is InChI=1S/C15H12N4O2S/c1-2-21-14(20)13-11(9-16)19-15(17-13)22-12(18-19)8-10-6-4-3-5-7-10/h3-7H,2,8H2,1H3. The lowest BCUT2D eigenvalue weighted by molar-refractivity contribution is 0.0520. The Hall–Kier alpha value is -2.72. The van der Waals surface area contributed by atoms with Crippen LogP contribution in [-0.4, -0.2) is 27.2 Å². The van der Waals surface area contributed by atoms with E-state index in [1.165, 1.54) is 15.9 Å². The highest BCUT2D eigenvalue weighted by molar-refractivity contribution is 7.16. The zero-order valence-corrected chi connectivity index (χ0v) is 12.6. The average Bonchev–Trinajstić information content (AvgIpc) is 3.05. The molecule has 6 nitrogen and oxygen atoms in total. The van der Waals surface area contributed by atoms with E-state index in [9.17, 15) is 10.1 Å². The van der Waals surface area contributed by atoms with Gasteiger partial charge in [-0.2, -0.15) is 14.9 Å². The van der Waals surface area contributed by atoms with Crippen LogP contribution < -0.4 is 0 Å². The fraction of sp³-hybridized carbons (Fsp3) is 0.200. The van der Waals surface area contributed by atoms with Gasteiger partial charge in [0.1, 0.15) is 11.1 Å². The zero-order chi connectivity index (χ0) is 15.5. The number of aromatic nitrogens is 3. The van der Waals surface area contributed by atoms with Gasteiger partial charge in [-0.1, -0.05) is 41.7 Å². The molecule has 0 amide bonds. The summed E-state index contributed by atoms with van der Waals surface area (Å²) in [6.45, 7) is 1.94. The summed E-state index contributed by atoms with van der Waals surface area (Å²) >= 11 is 1.36. The second-order valence-corrected chi connectivity index (χ2v) is 5.53. The number of carbonyl (C=O) groups is 1. The maximum atomic E-state index is 11.8. The fourth-order valence-electron chi connectivity index (χ4n) is 2.07. The normalized spacial score (nSPS) is 10.5. The first-order valence-corrected chi connectivity index (χ1v) is 7.54. The van der Waals surface area contributed by atoms with Crippen LogP contribution in [0.3, 0.4) is 0 Å². The van der Waals surface area contributed by atoms with Crippen LogP contribution >= 0.6 is 11.3 Å². The second-order valence-electron chi connectivity index (χ2n) is 4.49. The maximum Gasteiger partial charge on any atom is 0.360 e. The first-order chi connectivity index (χ1) is 10.7. The van der Waals surface area contributed by atoms with Crippen LogP contribution in [-0.2, 0) is 11.2 Å². The first-order valence-electron chi connectivity index (χ1n) is 6.72. The molecule has 0 spiro atoms. The van der Waals surface area contributed by atoms with Crippen LogP contribution in [0.1, 0.15) is 33.7 Å². The molecule has 3 aromatic rings. The van der Waals surface area contributed by atoms with E-state index in [0.717, 1.165) is 10.6 Å². The number of carbonyl (C=O) groups excluding carboxylic acids is 1. The van der Waals surface area contributed by atoms with Crippen molar-refractivity contribution in [3.63, 3.8) is 0 Å². The van der Waals surface area contributed by atoms with E-state index >= 15 is 0 Å². The highest BCUT2D eigenvalue weighted by Gasteiger charge is 2.22. The predicted molar refractivity (Wildman–Crippen MR) is 80.8 cm³/mol. The van der Waals surface area contributed by atoms with E-state index < -0.39 is 5.97 Å². The quantitative estimate of drug-likeness (QED) is 0.691. The Balaban J connectivity index is 1.96. The van der Waals surface area contributed by atoms with Gasteiger partial charge in [0, 0.05) is 6.42 Å². The van der Waals surface area contributed by atoms with Gasteiger partial charge < -0.3 is 4.74 Å². The van der Waals surface area contributed by atoms with E-state index in [0.29, 0.717) is 11.4 Å². The summed E-state index contributed by atoms with van der Waals surface area (Å²) in [5, 5.41) is 14.5. The third-order valence-electron chi connectivity index (χ3n) is 3.02. The number of fused-ring (bicyclic) bond motifs is 1. The molecule has 0 radical (unpaired) electrons. The van der Waals surface area contributed by atoms with Crippen LogP contribution in [0.25, 0.3) is 4.96 Å². The Labute approximate surface area is 130 Å². The summed E-state index contributed by atoms with van der Waals surface area (Å²) in [5.41, 5.74) is 1.27. The molecule has 0 atom stereocenters. The Morgan fingerprint density at radius 3 is 2.86 bits per heavy atom. The summed E-state index contributed by atoms with van der Waals surface area (Å²) in [4.78, 5) is 16.5. The third kappa shape index (κ3) is 2.56. The molecule has 0 unspecified atom stereocenters. The minimum atomic E-state index is -0.596. The lowest BCUT2D eigenvalue weighted by Crippen LogP contribution is -2.08. The summed E-state index contributed by atoms with van der Waals surface area (Å²) < 4.78 is 6.32. The van der Waals surface area contributed by atoms with Crippen LogP contribution in [0, 0.1) is 11.3 Å². The number of benzene rings is 1. The molecule has 2 aromatic heterocycles. The Kier molecular flexibility index (Phi) is 3.85. The number of nitrogens with zero attached hydrogens (tertiary/aromatic N) is 4. The average molecular weight is 312 g/mol.